The first-order chi connectivity index (χ1) is 18.0. The third-order valence-corrected chi connectivity index (χ3v) is 6.57. The molecule has 2 heterocycles. The maximum atomic E-state index is 12.9. The van der Waals surface area contributed by atoms with Gasteiger partial charge in [0.15, 0.2) is 11.6 Å². The number of nitrogens with zero attached hydrogens (tertiary/aromatic N) is 3. The summed E-state index contributed by atoms with van der Waals surface area (Å²) < 4.78 is 7.30. The normalized spacial score (nSPS) is 13.5. The molecule has 0 atom stereocenters. The summed E-state index contributed by atoms with van der Waals surface area (Å²) in [5.74, 6) is 0.200. The molecule has 1 fully saturated rings. The number of fused-ring (bicyclic) bond motifs is 1. The maximum absolute atomic E-state index is 12.9. The van der Waals surface area contributed by atoms with Crippen molar-refractivity contribution >= 4 is 28.2 Å². The van der Waals surface area contributed by atoms with Crippen molar-refractivity contribution < 1.29 is 14.3 Å². The molecule has 3 aromatic carbocycles. The predicted molar refractivity (Wildman–Crippen MR) is 147 cm³/mol. The van der Waals surface area contributed by atoms with Crippen LogP contribution >= 0.6 is 0 Å². The minimum absolute atomic E-state index is 0.0958. The van der Waals surface area contributed by atoms with Gasteiger partial charge in [-0.15, -0.1) is 0 Å². The Morgan fingerprint density at radius 1 is 0.865 bits per heavy atom. The van der Waals surface area contributed by atoms with E-state index in [0.29, 0.717) is 12.8 Å². The molecule has 37 heavy (non-hydrogen) atoms. The van der Waals surface area contributed by atoms with Crippen LogP contribution in [0.1, 0.15) is 35.3 Å². The standard InChI is InChI=1S/C31H31N3O3/c1-22(2)17-29(35)19-23-3-8-28(9-4-23)34-30-12-5-24(18-26(30)21-32-34)20-31(36)25-6-10-27(11-7-25)33-13-15-37-16-14-33/h3-12,17-18,21H,13-16,19-20H2,1-2H3. The summed E-state index contributed by atoms with van der Waals surface area (Å²) in [4.78, 5) is 27.3. The Kier molecular flexibility index (Phi) is 7.28. The summed E-state index contributed by atoms with van der Waals surface area (Å²) in [7, 11) is 0. The lowest BCUT2D eigenvalue weighted by molar-refractivity contribution is -0.114. The summed E-state index contributed by atoms with van der Waals surface area (Å²) >= 11 is 0. The van der Waals surface area contributed by atoms with E-state index in [9.17, 15) is 9.59 Å². The second-order valence-electron chi connectivity index (χ2n) is 9.73. The highest BCUT2D eigenvalue weighted by Crippen LogP contribution is 2.22. The molecule has 5 rings (SSSR count). The topological polar surface area (TPSA) is 64.4 Å². The largest absolute Gasteiger partial charge is 0.378 e. The molecule has 0 amide bonds. The van der Waals surface area contributed by atoms with Gasteiger partial charge >= 0.3 is 0 Å². The lowest BCUT2D eigenvalue weighted by Gasteiger charge is -2.28. The summed E-state index contributed by atoms with van der Waals surface area (Å²) in [6.45, 7) is 7.08. The van der Waals surface area contributed by atoms with E-state index in [4.69, 9.17) is 4.74 Å². The Morgan fingerprint density at radius 3 is 2.24 bits per heavy atom. The average molecular weight is 494 g/mol. The molecule has 0 N–H and O–H groups in total. The summed E-state index contributed by atoms with van der Waals surface area (Å²) in [6, 6.07) is 21.8. The Labute approximate surface area is 217 Å². The van der Waals surface area contributed by atoms with E-state index in [-0.39, 0.29) is 11.6 Å². The highest BCUT2D eigenvalue weighted by atomic mass is 16.5. The zero-order chi connectivity index (χ0) is 25.8. The number of aromatic nitrogens is 2. The van der Waals surface area contributed by atoms with Crippen LogP contribution in [0.5, 0.6) is 0 Å². The van der Waals surface area contributed by atoms with Gasteiger partial charge in [0, 0.05) is 42.6 Å². The first kappa shape index (κ1) is 24.7. The third kappa shape index (κ3) is 5.87. The lowest BCUT2D eigenvalue weighted by atomic mass is 10.0. The molecular formula is C31H31N3O3. The van der Waals surface area contributed by atoms with E-state index in [1.54, 1.807) is 6.08 Å². The fourth-order valence-corrected chi connectivity index (χ4v) is 4.69. The average Bonchev–Trinajstić information content (AvgIpc) is 3.32. The van der Waals surface area contributed by atoms with Crippen molar-refractivity contribution in [1.29, 1.82) is 0 Å². The Hall–Kier alpha value is -4.03. The van der Waals surface area contributed by atoms with E-state index in [1.165, 1.54) is 0 Å². The SMILES string of the molecule is CC(C)=CC(=O)Cc1ccc(-n2ncc3cc(CC(=O)c4ccc(N5CCOCC5)cc4)ccc32)cc1. The number of rotatable bonds is 8. The molecule has 1 saturated heterocycles. The molecule has 0 saturated carbocycles. The van der Waals surface area contributed by atoms with Gasteiger partial charge in [0.05, 0.1) is 30.6 Å². The monoisotopic (exact) mass is 493 g/mol. The number of ether oxygens (including phenoxy) is 1. The minimum Gasteiger partial charge on any atom is -0.378 e. The van der Waals surface area contributed by atoms with Crippen molar-refractivity contribution in [2.75, 3.05) is 31.2 Å². The molecule has 1 aromatic heterocycles. The van der Waals surface area contributed by atoms with E-state index < -0.39 is 0 Å². The molecule has 4 aromatic rings. The second-order valence-corrected chi connectivity index (χ2v) is 9.73. The van der Waals surface area contributed by atoms with Crippen LogP contribution in [-0.2, 0) is 22.4 Å². The molecular weight excluding hydrogens is 462 g/mol. The number of hydrogen-bond acceptors (Lipinski definition) is 5. The number of carbonyl (C=O) groups is 2. The number of benzene rings is 3. The molecule has 0 unspecified atom stereocenters. The number of carbonyl (C=O) groups excluding carboxylic acids is 2. The Bertz CT molecular complexity index is 1440. The smallest absolute Gasteiger partial charge is 0.167 e. The maximum Gasteiger partial charge on any atom is 0.167 e. The van der Waals surface area contributed by atoms with Gasteiger partial charge in [0.2, 0.25) is 0 Å². The zero-order valence-corrected chi connectivity index (χ0v) is 21.3. The van der Waals surface area contributed by atoms with Gasteiger partial charge in [-0.3, -0.25) is 9.59 Å². The van der Waals surface area contributed by atoms with Crippen molar-refractivity contribution in [1.82, 2.24) is 9.78 Å². The van der Waals surface area contributed by atoms with Gasteiger partial charge < -0.3 is 9.64 Å². The molecule has 0 bridgehead atoms. The quantitative estimate of drug-likeness (QED) is 0.244. The van der Waals surface area contributed by atoms with Gasteiger partial charge in [0.25, 0.3) is 0 Å². The number of allylic oxidation sites excluding steroid dienone is 2. The fraction of sp³-hybridized carbons (Fsp3) is 0.258. The highest BCUT2D eigenvalue weighted by Gasteiger charge is 2.14. The van der Waals surface area contributed by atoms with E-state index >= 15 is 0 Å². The van der Waals surface area contributed by atoms with Crippen LogP contribution in [0.3, 0.4) is 0 Å². The van der Waals surface area contributed by atoms with Crippen LogP contribution < -0.4 is 4.90 Å². The Morgan fingerprint density at radius 2 is 1.54 bits per heavy atom. The van der Waals surface area contributed by atoms with Gasteiger partial charge in [0.1, 0.15) is 0 Å². The van der Waals surface area contributed by atoms with Gasteiger partial charge in [-0.1, -0.05) is 23.8 Å². The van der Waals surface area contributed by atoms with Crippen molar-refractivity contribution in [2.45, 2.75) is 26.7 Å². The number of morpholine rings is 1. The van der Waals surface area contributed by atoms with Crippen molar-refractivity contribution in [3.05, 3.63) is 101 Å². The van der Waals surface area contributed by atoms with Crippen LogP contribution in [-0.4, -0.2) is 47.7 Å². The third-order valence-electron chi connectivity index (χ3n) is 6.57. The molecule has 1 aliphatic rings. The first-order valence-electron chi connectivity index (χ1n) is 12.7. The van der Waals surface area contributed by atoms with E-state index in [1.807, 2.05) is 91.5 Å². The van der Waals surface area contributed by atoms with Crippen LogP contribution in [0.2, 0.25) is 0 Å². The number of Topliss-reactive ketones (excluding diaryl/α,β-unsaturated/α-hetero) is 1. The molecule has 6 heteroatoms. The van der Waals surface area contributed by atoms with E-state index in [0.717, 1.165) is 70.8 Å². The van der Waals surface area contributed by atoms with Gasteiger partial charge in [-0.25, -0.2) is 4.68 Å². The second kappa shape index (κ2) is 10.9. The number of ketones is 2. The van der Waals surface area contributed by atoms with Crippen molar-refractivity contribution in [3.8, 4) is 5.69 Å². The molecule has 1 aliphatic heterocycles. The van der Waals surface area contributed by atoms with Crippen molar-refractivity contribution in [3.63, 3.8) is 0 Å². The molecule has 188 valence electrons. The van der Waals surface area contributed by atoms with Gasteiger partial charge in [-0.05, 0) is 79.6 Å². The number of hydrogen-bond donors (Lipinski definition) is 0. The fourth-order valence-electron chi connectivity index (χ4n) is 4.69. The van der Waals surface area contributed by atoms with E-state index in [2.05, 4.69) is 10.00 Å². The predicted octanol–water partition coefficient (Wildman–Crippen LogP) is 5.37. The zero-order valence-electron chi connectivity index (χ0n) is 21.3. The minimum atomic E-state index is 0.0958. The summed E-state index contributed by atoms with van der Waals surface area (Å²) in [6.07, 6.45) is 4.23. The number of anilines is 1. The molecule has 0 radical (unpaired) electrons. The lowest BCUT2D eigenvalue weighted by Crippen LogP contribution is -2.36. The first-order valence-corrected chi connectivity index (χ1v) is 12.7. The molecule has 6 nitrogen and oxygen atoms in total. The molecule has 0 aliphatic carbocycles. The van der Waals surface area contributed by atoms with Crippen LogP contribution in [0.25, 0.3) is 16.6 Å². The van der Waals surface area contributed by atoms with Crippen molar-refractivity contribution in [2.24, 2.45) is 0 Å². The summed E-state index contributed by atoms with van der Waals surface area (Å²) in [5.41, 5.74) is 6.69. The summed E-state index contributed by atoms with van der Waals surface area (Å²) in [5, 5.41) is 5.55. The van der Waals surface area contributed by atoms with Crippen LogP contribution in [0.15, 0.2) is 84.6 Å². The Balaban J connectivity index is 1.26. The van der Waals surface area contributed by atoms with Crippen LogP contribution in [0, 0.1) is 0 Å². The van der Waals surface area contributed by atoms with Gasteiger partial charge in [-0.2, -0.15) is 5.10 Å². The highest BCUT2D eigenvalue weighted by molar-refractivity contribution is 5.98. The van der Waals surface area contributed by atoms with Crippen LogP contribution in [0.4, 0.5) is 5.69 Å². The molecule has 0 spiro atoms.